The first-order valence-electron chi connectivity index (χ1n) is 7.61. The van der Waals surface area contributed by atoms with Crippen molar-refractivity contribution in [2.75, 3.05) is 26.2 Å². The van der Waals surface area contributed by atoms with Gasteiger partial charge in [-0.3, -0.25) is 0 Å². The molecule has 112 valence electrons. The van der Waals surface area contributed by atoms with Crippen molar-refractivity contribution in [3.8, 4) is 0 Å². The van der Waals surface area contributed by atoms with Crippen LogP contribution in [0.15, 0.2) is 22.7 Å². The van der Waals surface area contributed by atoms with E-state index in [9.17, 15) is 0 Å². The number of hydrogen-bond acceptors (Lipinski definition) is 2. The topological polar surface area (TPSA) is 15.3 Å². The molecule has 1 aromatic carbocycles. The summed E-state index contributed by atoms with van der Waals surface area (Å²) < 4.78 is 1.04. The van der Waals surface area contributed by atoms with Crippen LogP contribution in [0.1, 0.15) is 44.2 Å². The summed E-state index contributed by atoms with van der Waals surface area (Å²) in [7, 11) is 0. The maximum Gasteiger partial charge on any atom is 0.0465 e. The van der Waals surface area contributed by atoms with Crippen LogP contribution in [-0.2, 0) is 0 Å². The second-order valence-corrected chi connectivity index (χ2v) is 6.83. The largest absolute Gasteiger partial charge is 0.310 e. The van der Waals surface area contributed by atoms with Crippen molar-refractivity contribution in [1.29, 1.82) is 0 Å². The lowest BCUT2D eigenvalue weighted by atomic mass is 10.0. The van der Waals surface area contributed by atoms with Crippen LogP contribution in [0.3, 0.4) is 0 Å². The number of rotatable bonds is 7. The van der Waals surface area contributed by atoms with E-state index in [1.54, 1.807) is 0 Å². The third-order valence-electron chi connectivity index (χ3n) is 3.91. The highest BCUT2D eigenvalue weighted by atomic mass is 79.9. The molecule has 1 unspecified atom stereocenters. The summed E-state index contributed by atoms with van der Waals surface area (Å²) in [4.78, 5) is 2.56. The Kier molecular flexibility index (Phi) is 6.82. The van der Waals surface area contributed by atoms with Crippen LogP contribution >= 0.6 is 27.5 Å². The van der Waals surface area contributed by atoms with E-state index in [-0.39, 0.29) is 0 Å². The summed E-state index contributed by atoms with van der Waals surface area (Å²) in [5.41, 5.74) is 1.22. The van der Waals surface area contributed by atoms with E-state index in [0.29, 0.717) is 6.04 Å². The lowest BCUT2D eigenvalue weighted by Gasteiger charge is -2.23. The van der Waals surface area contributed by atoms with E-state index < -0.39 is 0 Å². The summed E-state index contributed by atoms with van der Waals surface area (Å²) in [5.74, 6) is 0. The smallest absolute Gasteiger partial charge is 0.0465 e. The third-order valence-corrected chi connectivity index (χ3v) is 4.73. The first-order valence-corrected chi connectivity index (χ1v) is 8.78. The van der Waals surface area contributed by atoms with Gasteiger partial charge in [0.05, 0.1) is 0 Å². The van der Waals surface area contributed by atoms with Gasteiger partial charge in [-0.25, -0.2) is 0 Å². The van der Waals surface area contributed by atoms with Crippen molar-refractivity contribution in [3.63, 3.8) is 0 Å². The van der Waals surface area contributed by atoms with Gasteiger partial charge in [-0.15, -0.1) is 0 Å². The van der Waals surface area contributed by atoms with Crippen molar-refractivity contribution in [2.45, 2.75) is 38.6 Å². The Labute approximate surface area is 136 Å². The number of nitrogens with zero attached hydrogens (tertiary/aromatic N) is 1. The summed E-state index contributed by atoms with van der Waals surface area (Å²) in [6.07, 6.45) is 4.98. The summed E-state index contributed by atoms with van der Waals surface area (Å²) in [6, 6.07) is 6.57. The van der Waals surface area contributed by atoms with E-state index >= 15 is 0 Å². The molecule has 1 aliphatic rings. The van der Waals surface area contributed by atoms with Crippen LogP contribution in [-0.4, -0.2) is 31.1 Å². The molecular weight excluding hydrogens is 336 g/mol. The molecule has 1 atom stereocenters. The highest BCUT2D eigenvalue weighted by molar-refractivity contribution is 9.10. The molecule has 1 N–H and O–H groups in total. The standard InChI is InChI=1S/C16H24BrClN2/c1-2-8-19-16(7-11-20-9-3-4-10-20)14-6-5-13(17)12-15(14)18/h5-6,12,16,19H,2-4,7-11H2,1H3. The Hall–Kier alpha value is -0.0900. The molecule has 1 heterocycles. The summed E-state index contributed by atoms with van der Waals surface area (Å²) in [5, 5.41) is 4.50. The molecule has 0 saturated carbocycles. The molecule has 1 fully saturated rings. The van der Waals surface area contributed by atoms with Crippen molar-refractivity contribution < 1.29 is 0 Å². The number of hydrogen-bond donors (Lipinski definition) is 1. The van der Waals surface area contributed by atoms with Gasteiger partial charge in [0.2, 0.25) is 0 Å². The first-order chi connectivity index (χ1) is 9.70. The predicted molar refractivity (Wildman–Crippen MR) is 90.5 cm³/mol. The van der Waals surface area contributed by atoms with Crippen LogP contribution in [0.5, 0.6) is 0 Å². The number of likely N-dealkylation sites (tertiary alicyclic amines) is 1. The zero-order chi connectivity index (χ0) is 14.4. The van der Waals surface area contributed by atoms with Gasteiger partial charge in [0.25, 0.3) is 0 Å². The fourth-order valence-corrected chi connectivity index (χ4v) is 3.59. The summed E-state index contributed by atoms with van der Waals surface area (Å²) >= 11 is 9.89. The molecule has 0 aromatic heterocycles. The average Bonchev–Trinajstić information content (AvgIpc) is 2.93. The number of halogens is 2. The van der Waals surface area contributed by atoms with Gasteiger partial charge >= 0.3 is 0 Å². The fraction of sp³-hybridized carbons (Fsp3) is 0.625. The monoisotopic (exact) mass is 358 g/mol. The van der Waals surface area contributed by atoms with Gasteiger partial charge in [0.1, 0.15) is 0 Å². The highest BCUT2D eigenvalue weighted by Crippen LogP contribution is 2.28. The second kappa shape index (κ2) is 8.38. The van der Waals surface area contributed by atoms with Crippen molar-refractivity contribution in [3.05, 3.63) is 33.3 Å². The minimum absolute atomic E-state index is 0.358. The zero-order valence-corrected chi connectivity index (χ0v) is 14.5. The van der Waals surface area contributed by atoms with Crippen molar-refractivity contribution in [1.82, 2.24) is 10.2 Å². The molecule has 0 spiro atoms. The van der Waals surface area contributed by atoms with E-state index in [2.05, 4.69) is 45.2 Å². The Balaban J connectivity index is 2.01. The molecular formula is C16H24BrClN2. The maximum absolute atomic E-state index is 6.41. The second-order valence-electron chi connectivity index (χ2n) is 5.51. The third kappa shape index (κ3) is 4.73. The average molecular weight is 360 g/mol. The van der Waals surface area contributed by atoms with Crippen LogP contribution < -0.4 is 5.32 Å². The van der Waals surface area contributed by atoms with Gasteiger partial charge in [0.15, 0.2) is 0 Å². The SMILES string of the molecule is CCCNC(CCN1CCCC1)c1ccc(Br)cc1Cl. The van der Waals surface area contributed by atoms with Crippen molar-refractivity contribution >= 4 is 27.5 Å². The summed E-state index contributed by atoms with van der Waals surface area (Å²) in [6.45, 7) is 6.92. The highest BCUT2D eigenvalue weighted by Gasteiger charge is 2.17. The van der Waals surface area contributed by atoms with Crippen LogP contribution in [0.25, 0.3) is 0 Å². The molecule has 0 amide bonds. The molecule has 1 saturated heterocycles. The molecule has 0 radical (unpaired) electrons. The normalized spacial score (nSPS) is 17.6. The molecule has 1 aliphatic heterocycles. The van der Waals surface area contributed by atoms with Gasteiger partial charge < -0.3 is 10.2 Å². The Morgan fingerprint density at radius 2 is 2.10 bits per heavy atom. The molecule has 1 aromatic rings. The fourth-order valence-electron chi connectivity index (χ4n) is 2.79. The van der Waals surface area contributed by atoms with Crippen molar-refractivity contribution in [2.24, 2.45) is 0 Å². The molecule has 0 aliphatic carbocycles. The predicted octanol–water partition coefficient (Wildman–Crippen LogP) is 4.63. The lowest BCUT2D eigenvalue weighted by Crippen LogP contribution is -2.28. The Morgan fingerprint density at radius 3 is 2.75 bits per heavy atom. The molecule has 0 bridgehead atoms. The van der Waals surface area contributed by atoms with E-state index in [1.165, 1.54) is 31.5 Å². The molecule has 4 heteroatoms. The zero-order valence-electron chi connectivity index (χ0n) is 12.2. The first kappa shape index (κ1) is 16.3. The van der Waals surface area contributed by atoms with Gasteiger partial charge in [-0.2, -0.15) is 0 Å². The van der Waals surface area contributed by atoms with Crippen LogP contribution in [0, 0.1) is 0 Å². The quantitative estimate of drug-likeness (QED) is 0.763. The number of benzene rings is 1. The van der Waals surface area contributed by atoms with Crippen LogP contribution in [0.2, 0.25) is 5.02 Å². The van der Waals surface area contributed by atoms with Gasteiger partial charge in [-0.1, -0.05) is 40.5 Å². The van der Waals surface area contributed by atoms with Crippen LogP contribution in [0.4, 0.5) is 0 Å². The lowest BCUT2D eigenvalue weighted by molar-refractivity contribution is 0.310. The minimum Gasteiger partial charge on any atom is -0.310 e. The van der Waals surface area contributed by atoms with E-state index in [0.717, 1.165) is 35.4 Å². The van der Waals surface area contributed by atoms with Gasteiger partial charge in [-0.05, 0) is 69.6 Å². The molecule has 2 rings (SSSR count). The number of nitrogens with one attached hydrogen (secondary N) is 1. The Morgan fingerprint density at radius 1 is 1.35 bits per heavy atom. The molecule has 20 heavy (non-hydrogen) atoms. The minimum atomic E-state index is 0.358. The van der Waals surface area contributed by atoms with E-state index in [1.807, 2.05) is 6.07 Å². The molecule has 2 nitrogen and oxygen atoms in total. The van der Waals surface area contributed by atoms with Gasteiger partial charge in [0, 0.05) is 15.5 Å². The van der Waals surface area contributed by atoms with E-state index in [4.69, 9.17) is 11.6 Å². The Bertz CT molecular complexity index is 419. The maximum atomic E-state index is 6.41.